The minimum absolute atomic E-state index is 0.109. The van der Waals surface area contributed by atoms with E-state index in [9.17, 15) is 10.1 Å². The number of nitrogen functional groups attached to an aromatic ring is 1. The summed E-state index contributed by atoms with van der Waals surface area (Å²) in [5.74, 6) is 0.214. The zero-order valence-electron chi connectivity index (χ0n) is 18.9. The molecule has 0 bridgehead atoms. The molecule has 0 radical (unpaired) electrons. The third-order valence-corrected chi connectivity index (χ3v) is 6.76. The van der Waals surface area contributed by atoms with E-state index in [1.54, 1.807) is 24.0 Å². The largest absolute Gasteiger partial charge is 0.383 e. The van der Waals surface area contributed by atoms with E-state index in [-0.39, 0.29) is 17.3 Å². The number of nitriles is 1. The first kappa shape index (κ1) is 20.9. The molecular weight excluding hydrogens is 420 g/mol. The number of nitrogens with two attached hydrogens (primary N) is 1. The number of rotatable bonds is 3. The molecule has 2 aliphatic heterocycles. The summed E-state index contributed by atoms with van der Waals surface area (Å²) < 4.78 is 3.64. The summed E-state index contributed by atoms with van der Waals surface area (Å²) in [7, 11) is 1.80. The van der Waals surface area contributed by atoms with Crippen molar-refractivity contribution in [3.63, 3.8) is 0 Å². The van der Waals surface area contributed by atoms with Gasteiger partial charge in [0, 0.05) is 49.6 Å². The maximum absolute atomic E-state index is 13.1. The third kappa shape index (κ3) is 3.47. The Morgan fingerprint density at radius 3 is 2.82 bits per heavy atom. The molecule has 3 aromatic heterocycles. The second-order valence-electron chi connectivity index (χ2n) is 9.44. The van der Waals surface area contributed by atoms with Gasteiger partial charge in [-0.15, -0.1) is 5.10 Å². The minimum Gasteiger partial charge on any atom is -0.383 e. The Hall–Kier alpha value is -3.94. The first-order valence-electron chi connectivity index (χ1n) is 10.9. The molecule has 11 heteroatoms. The zero-order valence-corrected chi connectivity index (χ0v) is 18.9. The molecule has 2 aliphatic rings. The summed E-state index contributed by atoms with van der Waals surface area (Å²) in [6, 6.07) is 5.74. The molecule has 1 saturated heterocycles. The van der Waals surface area contributed by atoms with Crippen LogP contribution in [-0.4, -0.2) is 53.8 Å². The first-order chi connectivity index (χ1) is 15.7. The van der Waals surface area contributed by atoms with Gasteiger partial charge >= 0.3 is 6.03 Å². The number of carbonyl (C=O) groups is 1. The number of fused-ring (bicyclic) bond motifs is 2. The van der Waals surface area contributed by atoms with Gasteiger partial charge in [-0.25, -0.2) is 9.78 Å². The molecule has 2 amide bonds. The van der Waals surface area contributed by atoms with Crippen molar-refractivity contribution >= 4 is 11.8 Å². The highest BCUT2D eigenvalue weighted by Gasteiger charge is 2.47. The van der Waals surface area contributed by atoms with Gasteiger partial charge in [0.15, 0.2) is 0 Å². The molecule has 3 N–H and O–H groups in total. The average Bonchev–Trinajstić information content (AvgIpc) is 3.54. The van der Waals surface area contributed by atoms with Crippen molar-refractivity contribution in [2.75, 3.05) is 18.8 Å². The first-order valence-corrected chi connectivity index (χ1v) is 10.9. The third-order valence-electron chi connectivity index (χ3n) is 6.76. The fourth-order valence-corrected chi connectivity index (χ4v) is 4.81. The van der Waals surface area contributed by atoms with Gasteiger partial charge in [-0.05, 0) is 38.8 Å². The van der Waals surface area contributed by atoms with Crippen LogP contribution in [0.1, 0.15) is 43.6 Å². The number of nitrogens with zero attached hydrogens (tertiary/aromatic N) is 8. The standard InChI is InChI=1S/C22H26N10O/c1-21(2,17-12-30(3)29-27-17)26-20(33)31-6-4-22(13-31)5-7-32-18(22)9-16(28-32)15-8-14(10-23)19(24)25-11-15/h8-9,11-12H,4-7,13H2,1-3H3,(H2,24,25)(H,26,33). The number of hydrogen-bond acceptors (Lipinski definition) is 7. The van der Waals surface area contributed by atoms with Crippen molar-refractivity contribution in [3.8, 4) is 17.3 Å². The number of aryl methyl sites for hydroxylation is 2. The summed E-state index contributed by atoms with van der Waals surface area (Å²) in [6.07, 6.45) is 5.27. The van der Waals surface area contributed by atoms with Crippen LogP contribution in [0.4, 0.5) is 10.6 Å². The Labute approximate surface area is 191 Å². The lowest BCUT2D eigenvalue weighted by atomic mass is 9.82. The molecule has 1 spiro atoms. The Morgan fingerprint density at radius 1 is 1.30 bits per heavy atom. The van der Waals surface area contributed by atoms with Gasteiger partial charge in [0.2, 0.25) is 0 Å². The molecule has 33 heavy (non-hydrogen) atoms. The number of urea groups is 1. The van der Waals surface area contributed by atoms with Crippen molar-refractivity contribution in [3.05, 3.63) is 41.5 Å². The Morgan fingerprint density at radius 2 is 2.09 bits per heavy atom. The smallest absolute Gasteiger partial charge is 0.318 e. The molecule has 5 rings (SSSR count). The van der Waals surface area contributed by atoms with Crippen LogP contribution >= 0.6 is 0 Å². The van der Waals surface area contributed by atoms with Gasteiger partial charge in [0.25, 0.3) is 0 Å². The van der Waals surface area contributed by atoms with Crippen LogP contribution in [-0.2, 0) is 24.5 Å². The number of carbonyl (C=O) groups excluding carboxylic acids is 1. The van der Waals surface area contributed by atoms with E-state index in [1.165, 1.54) is 0 Å². The molecule has 0 aromatic carbocycles. The number of pyridine rings is 1. The molecule has 1 unspecified atom stereocenters. The van der Waals surface area contributed by atoms with E-state index in [0.717, 1.165) is 36.3 Å². The second-order valence-corrected chi connectivity index (χ2v) is 9.44. The summed E-state index contributed by atoms with van der Waals surface area (Å²) in [5, 5.41) is 25.2. The van der Waals surface area contributed by atoms with E-state index in [0.29, 0.717) is 24.3 Å². The fraction of sp³-hybridized carbons (Fsp3) is 0.455. The van der Waals surface area contributed by atoms with E-state index in [1.807, 2.05) is 29.6 Å². The second kappa shape index (κ2) is 7.30. The number of nitrogens with one attached hydrogen (secondary N) is 1. The number of anilines is 1. The van der Waals surface area contributed by atoms with E-state index in [2.05, 4.69) is 32.7 Å². The average molecular weight is 447 g/mol. The maximum atomic E-state index is 13.1. The van der Waals surface area contributed by atoms with Gasteiger partial charge in [-0.2, -0.15) is 10.4 Å². The molecule has 170 valence electrons. The zero-order chi connectivity index (χ0) is 23.4. The minimum atomic E-state index is -0.633. The topological polar surface area (TPSA) is 144 Å². The van der Waals surface area contributed by atoms with Crippen molar-refractivity contribution in [2.24, 2.45) is 7.05 Å². The van der Waals surface area contributed by atoms with E-state index in [4.69, 9.17) is 10.8 Å². The van der Waals surface area contributed by atoms with Crippen LogP contribution in [0.2, 0.25) is 0 Å². The summed E-state index contributed by atoms with van der Waals surface area (Å²) >= 11 is 0. The van der Waals surface area contributed by atoms with Crippen LogP contribution in [0.5, 0.6) is 0 Å². The molecule has 3 aromatic rings. The molecule has 11 nitrogen and oxygen atoms in total. The van der Waals surface area contributed by atoms with Crippen LogP contribution < -0.4 is 11.1 Å². The lowest BCUT2D eigenvalue weighted by Gasteiger charge is -2.28. The van der Waals surface area contributed by atoms with E-state index >= 15 is 0 Å². The summed E-state index contributed by atoms with van der Waals surface area (Å²) in [5.41, 5.74) is 8.70. The number of amides is 2. The van der Waals surface area contributed by atoms with Crippen LogP contribution in [0.25, 0.3) is 11.3 Å². The fourth-order valence-electron chi connectivity index (χ4n) is 4.81. The lowest BCUT2D eigenvalue weighted by Crippen LogP contribution is -2.48. The van der Waals surface area contributed by atoms with Gasteiger partial charge in [-0.1, -0.05) is 5.21 Å². The Kier molecular flexibility index (Phi) is 4.63. The normalized spacial score (nSPS) is 19.6. The van der Waals surface area contributed by atoms with Crippen molar-refractivity contribution in [1.82, 2.24) is 40.0 Å². The number of aromatic nitrogens is 6. The van der Waals surface area contributed by atoms with Crippen LogP contribution in [0, 0.1) is 11.3 Å². The highest BCUT2D eigenvalue weighted by Crippen LogP contribution is 2.44. The van der Waals surface area contributed by atoms with Crippen LogP contribution in [0.3, 0.4) is 0 Å². The van der Waals surface area contributed by atoms with Crippen molar-refractivity contribution in [2.45, 2.75) is 44.2 Å². The predicted octanol–water partition coefficient (Wildman–Crippen LogP) is 1.52. The van der Waals surface area contributed by atoms with Gasteiger partial charge in [-0.3, -0.25) is 9.36 Å². The Balaban J connectivity index is 1.35. The maximum Gasteiger partial charge on any atom is 0.318 e. The Bertz CT molecular complexity index is 1280. The molecule has 1 atom stereocenters. The predicted molar refractivity (Wildman–Crippen MR) is 120 cm³/mol. The molecule has 1 fully saturated rings. The molecule has 5 heterocycles. The van der Waals surface area contributed by atoms with Crippen molar-refractivity contribution in [1.29, 1.82) is 5.26 Å². The SMILES string of the molecule is Cn1cc(C(C)(C)NC(=O)N2CCC3(CCn4nc(-c5cnc(N)c(C#N)c5)cc43)C2)nn1. The number of hydrogen-bond donors (Lipinski definition) is 2. The van der Waals surface area contributed by atoms with Crippen LogP contribution in [0.15, 0.2) is 24.5 Å². The van der Waals surface area contributed by atoms with Gasteiger partial charge < -0.3 is 16.0 Å². The highest BCUT2D eigenvalue weighted by atomic mass is 16.2. The highest BCUT2D eigenvalue weighted by molar-refractivity contribution is 5.76. The van der Waals surface area contributed by atoms with Gasteiger partial charge in [0.05, 0.1) is 23.0 Å². The number of likely N-dealkylation sites (tertiary alicyclic amines) is 1. The monoisotopic (exact) mass is 446 g/mol. The molecule has 0 aliphatic carbocycles. The summed E-state index contributed by atoms with van der Waals surface area (Å²) in [4.78, 5) is 19.1. The van der Waals surface area contributed by atoms with Gasteiger partial charge in [0.1, 0.15) is 17.6 Å². The van der Waals surface area contributed by atoms with Crippen molar-refractivity contribution < 1.29 is 4.79 Å². The quantitative estimate of drug-likeness (QED) is 0.621. The molecular formula is C22H26N10O. The summed E-state index contributed by atoms with van der Waals surface area (Å²) in [6.45, 7) is 5.94. The van der Waals surface area contributed by atoms with E-state index < -0.39 is 5.54 Å². The lowest BCUT2D eigenvalue weighted by molar-refractivity contribution is 0.193. The molecule has 0 saturated carbocycles.